The van der Waals surface area contributed by atoms with E-state index in [0.717, 1.165) is 24.2 Å². The molecule has 0 saturated heterocycles. The van der Waals surface area contributed by atoms with Crippen LogP contribution in [0.1, 0.15) is 12.8 Å². The van der Waals surface area contributed by atoms with E-state index in [0.29, 0.717) is 13.2 Å². The van der Waals surface area contributed by atoms with E-state index in [-0.39, 0.29) is 6.04 Å². The maximum atomic E-state index is 5.58. The first-order chi connectivity index (χ1) is 9.85. The molecule has 0 aliphatic rings. The molecular formula is C14H21N5O. The van der Waals surface area contributed by atoms with Crippen LogP contribution in [0.2, 0.25) is 0 Å². The lowest BCUT2D eigenvalue weighted by Gasteiger charge is -2.20. The van der Waals surface area contributed by atoms with Crippen LogP contribution in [-0.2, 0) is 4.74 Å². The van der Waals surface area contributed by atoms with Crippen molar-refractivity contribution in [3.63, 3.8) is 0 Å². The van der Waals surface area contributed by atoms with Crippen LogP contribution in [0.5, 0.6) is 0 Å². The van der Waals surface area contributed by atoms with Crippen molar-refractivity contribution in [2.45, 2.75) is 18.9 Å². The quantitative estimate of drug-likeness (QED) is 0.762. The van der Waals surface area contributed by atoms with E-state index in [2.05, 4.69) is 15.6 Å². The number of hydrogen-bond donors (Lipinski definition) is 2. The Balaban J connectivity index is 2.15. The highest BCUT2D eigenvalue weighted by Crippen LogP contribution is 2.20. The van der Waals surface area contributed by atoms with Crippen molar-refractivity contribution in [2.75, 3.05) is 25.6 Å². The second-order valence-electron chi connectivity index (χ2n) is 4.59. The number of methoxy groups -OCH3 is 1. The van der Waals surface area contributed by atoms with Gasteiger partial charge in [-0.2, -0.15) is 0 Å². The number of aromatic nitrogens is 3. The van der Waals surface area contributed by atoms with Gasteiger partial charge in [0.1, 0.15) is 0 Å². The monoisotopic (exact) mass is 275 g/mol. The number of rotatable bonds is 8. The molecule has 0 amide bonds. The number of nitrogens with zero attached hydrogens (tertiary/aromatic N) is 3. The van der Waals surface area contributed by atoms with Crippen molar-refractivity contribution in [3.05, 3.63) is 36.7 Å². The largest absolute Gasteiger partial charge is 0.383 e. The Kier molecular flexibility index (Phi) is 5.52. The minimum Gasteiger partial charge on any atom is -0.383 e. The maximum Gasteiger partial charge on any atom is 0.0894 e. The van der Waals surface area contributed by atoms with Crippen molar-refractivity contribution in [2.24, 2.45) is 5.73 Å². The number of para-hydroxylation sites is 2. The summed E-state index contributed by atoms with van der Waals surface area (Å²) in [5.41, 5.74) is 7.56. The molecule has 0 saturated carbocycles. The lowest BCUT2D eigenvalue weighted by molar-refractivity contribution is 0.182. The minimum atomic E-state index is 0.230. The van der Waals surface area contributed by atoms with Gasteiger partial charge < -0.3 is 15.8 Å². The maximum absolute atomic E-state index is 5.58. The molecule has 0 bridgehead atoms. The number of nitrogens with one attached hydrogen (secondary N) is 1. The average molecular weight is 275 g/mol. The third-order valence-electron chi connectivity index (χ3n) is 3.06. The van der Waals surface area contributed by atoms with Crippen LogP contribution in [0.15, 0.2) is 36.7 Å². The third kappa shape index (κ3) is 3.79. The first kappa shape index (κ1) is 14.5. The van der Waals surface area contributed by atoms with Crippen LogP contribution >= 0.6 is 0 Å². The van der Waals surface area contributed by atoms with E-state index >= 15 is 0 Å². The second-order valence-corrected chi connectivity index (χ2v) is 4.59. The summed E-state index contributed by atoms with van der Waals surface area (Å²) in [6, 6.07) is 8.24. The molecule has 2 aromatic rings. The smallest absolute Gasteiger partial charge is 0.0894 e. The summed E-state index contributed by atoms with van der Waals surface area (Å²) in [7, 11) is 1.71. The lowest BCUT2D eigenvalue weighted by atomic mass is 10.1. The molecule has 1 aromatic heterocycles. The van der Waals surface area contributed by atoms with Gasteiger partial charge in [-0.1, -0.05) is 17.3 Å². The summed E-state index contributed by atoms with van der Waals surface area (Å²) in [6.45, 7) is 1.33. The Hall–Kier alpha value is -1.92. The van der Waals surface area contributed by atoms with Crippen LogP contribution in [0.4, 0.5) is 5.69 Å². The van der Waals surface area contributed by atoms with E-state index in [9.17, 15) is 0 Å². The lowest BCUT2D eigenvalue weighted by Crippen LogP contribution is -2.26. The molecule has 108 valence electrons. The standard InChI is InChI=1S/C14H21N5O/c1-20-11-12(5-4-8-15)17-13-6-2-3-7-14(13)19-10-9-16-18-19/h2-3,6-7,9-10,12,17H,4-5,8,11,15H2,1H3. The van der Waals surface area contributed by atoms with Crippen molar-refractivity contribution in [1.29, 1.82) is 0 Å². The van der Waals surface area contributed by atoms with Crippen LogP contribution in [0.3, 0.4) is 0 Å². The van der Waals surface area contributed by atoms with Crippen molar-refractivity contribution in [3.8, 4) is 5.69 Å². The molecule has 1 heterocycles. The van der Waals surface area contributed by atoms with Crippen LogP contribution < -0.4 is 11.1 Å². The molecule has 2 rings (SSSR count). The highest BCUT2D eigenvalue weighted by molar-refractivity contribution is 5.60. The van der Waals surface area contributed by atoms with E-state index in [1.165, 1.54) is 0 Å². The first-order valence-corrected chi connectivity index (χ1v) is 6.76. The Morgan fingerprint density at radius 1 is 1.40 bits per heavy atom. The fourth-order valence-corrected chi connectivity index (χ4v) is 2.11. The highest BCUT2D eigenvalue weighted by atomic mass is 16.5. The first-order valence-electron chi connectivity index (χ1n) is 6.76. The number of benzene rings is 1. The summed E-state index contributed by atoms with van der Waals surface area (Å²) in [5, 5.41) is 11.4. The van der Waals surface area contributed by atoms with Gasteiger partial charge in [0.25, 0.3) is 0 Å². The Bertz CT molecular complexity index is 500. The fourth-order valence-electron chi connectivity index (χ4n) is 2.11. The third-order valence-corrected chi connectivity index (χ3v) is 3.06. The number of hydrogen-bond acceptors (Lipinski definition) is 5. The van der Waals surface area contributed by atoms with Gasteiger partial charge in [-0.05, 0) is 31.5 Å². The van der Waals surface area contributed by atoms with Gasteiger partial charge in [-0.25, -0.2) is 4.68 Å². The molecule has 0 radical (unpaired) electrons. The molecule has 1 unspecified atom stereocenters. The predicted octanol–water partition coefficient (Wildman–Crippen LogP) is 1.43. The van der Waals surface area contributed by atoms with E-state index in [1.54, 1.807) is 18.0 Å². The Labute approximate surface area is 118 Å². The van der Waals surface area contributed by atoms with Crippen LogP contribution in [0, 0.1) is 0 Å². The topological polar surface area (TPSA) is 78.0 Å². The van der Waals surface area contributed by atoms with Gasteiger partial charge >= 0.3 is 0 Å². The van der Waals surface area contributed by atoms with Gasteiger partial charge in [0, 0.05) is 13.2 Å². The molecule has 0 aliphatic heterocycles. The van der Waals surface area contributed by atoms with E-state index in [1.807, 2.05) is 30.5 Å². The minimum absolute atomic E-state index is 0.230. The van der Waals surface area contributed by atoms with Gasteiger partial charge in [0.05, 0.1) is 30.4 Å². The molecule has 0 fully saturated rings. The van der Waals surface area contributed by atoms with Gasteiger partial charge in [0.2, 0.25) is 0 Å². The summed E-state index contributed by atoms with van der Waals surface area (Å²) in [4.78, 5) is 0. The SMILES string of the molecule is COCC(CCCN)Nc1ccccc1-n1ccnn1. The van der Waals surface area contributed by atoms with Gasteiger partial charge in [0.15, 0.2) is 0 Å². The number of nitrogens with two attached hydrogens (primary N) is 1. The number of ether oxygens (including phenoxy) is 1. The predicted molar refractivity (Wildman–Crippen MR) is 78.9 cm³/mol. The molecule has 6 nitrogen and oxygen atoms in total. The zero-order valence-electron chi connectivity index (χ0n) is 11.7. The molecule has 0 spiro atoms. The summed E-state index contributed by atoms with van der Waals surface area (Å²) in [5.74, 6) is 0. The molecule has 6 heteroatoms. The Morgan fingerprint density at radius 3 is 2.95 bits per heavy atom. The second kappa shape index (κ2) is 7.62. The van der Waals surface area contributed by atoms with Crippen molar-refractivity contribution >= 4 is 5.69 Å². The summed E-state index contributed by atoms with van der Waals surface area (Å²) in [6.07, 6.45) is 5.42. The molecule has 20 heavy (non-hydrogen) atoms. The normalized spacial score (nSPS) is 12.3. The van der Waals surface area contributed by atoms with E-state index in [4.69, 9.17) is 10.5 Å². The van der Waals surface area contributed by atoms with Gasteiger partial charge in [-0.3, -0.25) is 0 Å². The molecule has 3 N–H and O–H groups in total. The molecule has 0 aliphatic carbocycles. The molecule has 1 atom stereocenters. The Morgan fingerprint density at radius 2 is 2.25 bits per heavy atom. The van der Waals surface area contributed by atoms with Crippen LogP contribution in [-0.4, -0.2) is 41.3 Å². The summed E-state index contributed by atoms with van der Waals surface area (Å²) >= 11 is 0. The number of anilines is 1. The highest BCUT2D eigenvalue weighted by Gasteiger charge is 2.11. The molecular weight excluding hydrogens is 254 g/mol. The zero-order chi connectivity index (χ0) is 14.2. The van der Waals surface area contributed by atoms with Crippen molar-refractivity contribution in [1.82, 2.24) is 15.0 Å². The van der Waals surface area contributed by atoms with E-state index < -0.39 is 0 Å². The summed E-state index contributed by atoms with van der Waals surface area (Å²) < 4.78 is 7.01. The average Bonchev–Trinajstić information content (AvgIpc) is 2.99. The zero-order valence-corrected chi connectivity index (χ0v) is 11.7. The fraction of sp³-hybridized carbons (Fsp3) is 0.429. The van der Waals surface area contributed by atoms with Crippen molar-refractivity contribution < 1.29 is 4.74 Å². The van der Waals surface area contributed by atoms with Crippen LogP contribution in [0.25, 0.3) is 5.69 Å². The molecule has 1 aromatic carbocycles. The van der Waals surface area contributed by atoms with Gasteiger partial charge in [-0.15, -0.1) is 5.10 Å².